The van der Waals surface area contributed by atoms with Crippen molar-refractivity contribution in [1.29, 1.82) is 0 Å². The molecule has 1 aliphatic heterocycles. The van der Waals surface area contributed by atoms with E-state index in [0.717, 1.165) is 25.2 Å². The van der Waals surface area contributed by atoms with E-state index < -0.39 is 0 Å². The summed E-state index contributed by atoms with van der Waals surface area (Å²) >= 11 is 6.03. The molecule has 0 bridgehead atoms. The van der Waals surface area contributed by atoms with Crippen LogP contribution in [0.25, 0.3) is 0 Å². The Hall–Kier alpha value is -1.22. The van der Waals surface area contributed by atoms with Crippen LogP contribution in [0.15, 0.2) is 18.2 Å². The van der Waals surface area contributed by atoms with Gasteiger partial charge in [0.1, 0.15) is 0 Å². The molecular formula is C16H23ClN2O. The quantitative estimate of drug-likeness (QED) is 0.897. The van der Waals surface area contributed by atoms with Crippen molar-refractivity contribution in [2.24, 2.45) is 11.3 Å². The Labute approximate surface area is 126 Å². The molecule has 1 aromatic rings. The molecular weight excluding hydrogens is 272 g/mol. The number of nitrogens with zero attached hydrogens (tertiary/aromatic N) is 1. The third-order valence-corrected chi connectivity index (χ3v) is 4.42. The second-order valence-corrected chi connectivity index (χ2v) is 6.98. The maximum absolute atomic E-state index is 12.7. The third kappa shape index (κ3) is 3.09. The Morgan fingerprint density at radius 1 is 1.40 bits per heavy atom. The van der Waals surface area contributed by atoms with Gasteiger partial charge in [-0.1, -0.05) is 32.4 Å². The molecule has 0 saturated carbocycles. The lowest BCUT2D eigenvalue weighted by Gasteiger charge is -2.27. The summed E-state index contributed by atoms with van der Waals surface area (Å²) in [5.74, 6) is 0.632. The molecule has 1 unspecified atom stereocenters. The second-order valence-electron chi connectivity index (χ2n) is 6.54. The van der Waals surface area contributed by atoms with Crippen LogP contribution in [0.3, 0.4) is 0 Å². The van der Waals surface area contributed by atoms with E-state index in [9.17, 15) is 4.79 Å². The summed E-state index contributed by atoms with van der Waals surface area (Å²) in [6, 6.07) is 5.40. The topological polar surface area (TPSA) is 32.3 Å². The van der Waals surface area contributed by atoms with Gasteiger partial charge in [0.15, 0.2) is 0 Å². The minimum atomic E-state index is 0.0728. The summed E-state index contributed by atoms with van der Waals surface area (Å²) in [4.78, 5) is 14.6. The largest absolute Gasteiger partial charge is 0.387 e. The molecule has 1 heterocycles. The molecule has 0 spiro atoms. The fourth-order valence-electron chi connectivity index (χ4n) is 2.73. The van der Waals surface area contributed by atoms with Crippen LogP contribution in [0.1, 0.15) is 37.6 Å². The van der Waals surface area contributed by atoms with Gasteiger partial charge < -0.3 is 10.2 Å². The second kappa shape index (κ2) is 5.65. The molecule has 1 saturated heterocycles. The van der Waals surface area contributed by atoms with Crippen LogP contribution in [0.2, 0.25) is 5.02 Å². The highest BCUT2D eigenvalue weighted by molar-refractivity contribution is 6.31. The van der Waals surface area contributed by atoms with Gasteiger partial charge >= 0.3 is 0 Å². The molecule has 20 heavy (non-hydrogen) atoms. The lowest BCUT2D eigenvalue weighted by Crippen LogP contribution is -2.31. The van der Waals surface area contributed by atoms with Crippen molar-refractivity contribution in [2.45, 2.75) is 27.2 Å². The summed E-state index contributed by atoms with van der Waals surface area (Å²) in [5, 5.41) is 3.66. The number of carbonyl (C=O) groups is 1. The van der Waals surface area contributed by atoms with E-state index in [1.54, 1.807) is 12.1 Å². The number of anilines is 1. The zero-order valence-corrected chi connectivity index (χ0v) is 13.4. The Morgan fingerprint density at radius 2 is 2.10 bits per heavy atom. The van der Waals surface area contributed by atoms with Crippen LogP contribution in [-0.2, 0) is 0 Å². The van der Waals surface area contributed by atoms with Crippen LogP contribution >= 0.6 is 11.6 Å². The Morgan fingerprint density at radius 3 is 2.65 bits per heavy atom. The number of hydrogen-bond acceptors (Lipinski definition) is 2. The summed E-state index contributed by atoms with van der Waals surface area (Å²) in [6.07, 6.45) is 1.07. The summed E-state index contributed by atoms with van der Waals surface area (Å²) in [7, 11) is 1.82. The van der Waals surface area contributed by atoms with Crippen molar-refractivity contribution < 1.29 is 4.79 Å². The van der Waals surface area contributed by atoms with E-state index >= 15 is 0 Å². The Kier molecular flexibility index (Phi) is 4.28. The van der Waals surface area contributed by atoms with Crippen LogP contribution in [0.4, 0.5) is 5.69 Å². The molecule has 0 radical (unpaired) electrons. The predicted molar refractivity (Wildman–Crippen MR) is 84.5 cm³/mol. The van der Waals surface area contributed by atoms with Crippen molar-refractivity contribution in [3.63, 3.8) is 0 Å². The maximum Gasteiger partial charge on any atom is 0.256 e. The van der Waals surface area contributed by atoms with Crippen molar-refractivity contribution in [3.05, 3.63) is 28.8 Å². The van der Waals surface area contributed by atoms with E-state index in [0.29, 0.717) is 16.5 Å². The van der Waals surface area contributed by atoms with Crippen LogP contribution in [0, 0.1) is 11.3 Å². The van der Waals surface area contributed by atoms with Crippen LogP contribution in [-0.4, -0.2) is 30.9 Å². The van der Waals surface area contributed by atoms with E-state index in [-0.39, 0.29) is 11.3 Å². The molecule has 0 aliphatic carbocycles. The lowest BCUT2D eigenvalue weighted by atomic mass is 9.80. The number of likely N-dealkylation sites (tertiary alicyclic amines) is 1. The highest BCUT2D eigenvalue weighted by Gasteiger charge is 2.34. The molecule has 2 rings (SSSR count). The van der Waals surface area contributed by atoms with E-state index in [2.05, 4.69) is 26.1 Å². The first kappa shape index (κ1) is 15.2. The maximum atomic E-state index is 12.7. The highest BCUT2D eigenvalue weighted by Crippen LogP contribution is 2.34. The zero-order chi connectivity index (χ0) is 14.9. The van der Waals surface area contributed by atoms with Crippen LogP contribution < -0.4 is 5.32 Å². The molecule has 1 aromatic carbocycles. The first-order valence-corrected chi connectivity index (χ1v) is 7.47. The minimum absolute atomic E-state index is 0.0728. The van der Waals surface area contributed by atoms with Gasteiger partial charge in [-0.2, -0.15) is 0 Å². The van der Waals surface area contributed by atoms with Crippen LogP contribution in [0.5, 0.6) is 0 Å². The van der Waals surface area contributed by atoms with Crippen molar-refractivity contribution in [1.82, 2.24) is 4.90 Å². The first-order chi connectivity index (χ1) is 9.32. The molecule has 3 nitrogen and oxygen atoms in total. The minimum Gasteiger partial charge on any atom is -0.387 e. The normalized spacial score (nSPS) is 19.2. The standard InChI is InChI=1S/C16H23ClN2O/c1-16(2,3)11-7-8-19(10-11)15(20)13-9-12(17)5-6-14(13)18-4/h5-6,9,11,18H,7-8,10H2,1-4H3. The number of carbonyl (C=O) groups excluding carboxylic acids is 1. The zero-order valence-electron chi connectivity index (χ0n) is 12.7. The predicted octanol–water partition coefficient (Wildman–Crippen LogP) is 3.89. The third-order valence-electron chi connectivity index (χ3n) is 4.18. The molecule has 1 aliphatic rings. The van der Waals surface area contributed by atoms with Gasteiger partial charge in [0.2, 0.25) is 0 Å². The molecule has 1 amide bonds. The SMILES string of the molecule is CNc1ccc(Cl)cc1C(=O)N1CCC(C(C)(C)C)C1. The van der Waals surface area contributed by atoms with Gasteiger partial charge in [-0.3, -0.25) is 4.79 Å². The van der Waals surface area contributed by atoms with Crippen molar-refractivity contribution in [3.8, 4) is 0 Å². The lowest BCUT2D eigenvalue weighted by molar-refractivity contribution is 0.0777. The van der Waals surface area contributed by atoms with Gasteiger partial charge in [-0.05, 0) is 36.0 Å². The molecule has 1 fully saturated rings. The summed E-state index contributed by atoms with van der Waals surface area (Å²) < 4.78 is 0. The molecule has 0 aromatic heterocycles. The summed E-state index contributed by atoms with van der Waals surface area (Å²) in [5.41, 5.74) is 1.74. The smallest absolute Gasteiger partial charge is 0.256 e. The van der Waals surface area contributed by atoms with Crippen molar-refractivity contribution >= 4 is 23.2 Å². The van der Waals surface area contributed by atoms with Gasteiger partial charge in [-0.25, -0.2) is 0 Å². The number of amides is 1. The molecule has 110 valence electrons. The number of rotatable bonds is 2. The van der Waals surface area contributed by atoms with Gasteiger partial charge in [0.05, 0.1) is 5.56 Å². The molecule has 1 atom stereocenters. The number of halogens is 1. The van der Waals surface area contributed by atoms with E-state index in [1.807, 2.05) is 18.0 Å². The highest BCUT2D eigenvalue weighted by atomic mass is 35.5. The molecule has 4 heteroatoms. The fraction of sp³-hybridized carbons (Fsp3) is 0.562. The average molecular weight is 295 g/mol. The number of benzene rings is 1. The van der Waals surface area contributed by atoms with Gasteiger partial charge in [0.25, 0.3) is 5.91 Å². The monoisotopic (exact) mass is 294 g/mol. The van der Waals surface area contributed by atoms with E-state index in [1.165, 1.54) is 0 Å². The Bertz CT molecular complexity index is 508. The van der Waals surface area contributed by atoms with E-state index in [4.69, 9.17) is 11.6 Å². The van der Waals surface area contributed by atoms with Crippen molar-refractivity contribution in [2.75, 3.05) is 25.5 Å². The van der Waals surface area contributed by atoms with Gasteiger partial charge in [0, 0.05) is 30.8 Å². The first-order valence-electron chi connectivity index (χ1n) is 7.09. The van der Waals surface area contributed by atoms with Gasteiger partial charge in [-0.15, -0.1) is 0 Å². The number of nitrogens with one attached hydrogen (secondary N) is 1. The fourth-order valence-corrected chi connectivity index (χ4v) is 2.91. The Balaban J connectivity index is 2.19. The summed E-state index contributed by atoms with van der Waals surface area (Å²) in [6.45, 7) is 8.38. The molecule has 1 N–H and O–H groups in total. The average Bonchev–Trinajstić information content (AvgIpc) is 2.87. The number of hydrogen-bond donors (Lipinski definition) is 1.